The molecule has 5 heteroatoms. The number of benzene rings is 3. The van der Waals surface area contributed by atoms with Crippen LogP contribution in [-0.2, 0) is 11.3 Å². The highest BCUT2D eigenvalue weighted by atomic mass is 19.1. The maximum atomic E-state index is 12.0. The average Bonchev–Trinajstić information content (AvgIpc) is 2.77. The predicted molar refractivity (Wildman–Crippen MR) is 122 cm³/mol. The summed E-state index contributed by atoms with van der Waals surface area (Å²) in [4.78, 5) is 0. The van der Waals surface area contributed by atoms with Crippen molar-refractivity contribution in [3.8, 4) is 0 Å². The number of allylic oxidation sites excluding steroid dienone is 2. The van der Waals surface area contributed by atoms with Crippen molar-refractivity contribution in [2.45, 2.75) is 18.8 Å². The number of anilines is 2. The molecule has 1 atom stereocenters. The third-order valence-electron chi connectivity index (χ3n) is 4.65. The molecule has 0 amide bonds. The maximum Gasteiger partial charge on any atom is 0.140 e. The first kappa shape index (κ1) is 21.3. The zero-order valence-electron chi connectivity index (χ0n) is 16.7. The van der Waals surface area contributed by atoms with Gasteiger partial charge >= 0.3 is 0 Å². The van der Waals surface area contributed by atoms with E-state index in [2.05, 4.69) is 6.08 Å². The lowest BCUT2D eigenvalue weighted by molar-refractivity contribution is -0.0143. The fourth-order valence-corrected chi connectivity index (χ4v) is 2.89. The van der Waals surface area contributed by atoms with E-state index in [-0.39, 0.29) is 5.82 Å². The van der Waals surface area contributed by atoms with Gasteiger partial charge in [0.2, 0.25) is 0 Å². The van der Waals surface area contributed by atoms with Crippen LogP contribution in [0, 0.1) is 5.82 Å². The minimum absolute atomic E-state index is 0.251. The van der Waals surface area contributed by atoms with Gasteiger partial charge < -0.3 is 16.2 Å². The second kappa shape index (κ2) is 9.87. The van der Waals surface area contributed by atoms with E-state index >= 15 is 0 Å². The molecule has 0 bridgehead atoms. The van der Waals surface area contributed by atoms with Gasteiger partial charge in [0.15, 0.2) is 0 Å². The zero-order valence-corrected chi connectivity index (χ0v) is 16.7. The van der Waals surface area contributed by atoms with Crippen LogP contribution in [0.25, 0.3) is 5.57 Å². The highest BCUT2D eigenvalue weighted by molar-refractivity contribution is 5.76. The predicted octanol–water partition coefficient (Wildman–Crippen LogP) is 4.89. The smallest absolute Gasteiger partial charge is 0.140 e. The number of nitrogen functional groups attached to an aromatic ring is 2. The van der Waals surface area contributed by atoms with E-state index in [1.54, 1.807) is 0 Å². The van der Waals surface area contributed by atoms with Crippen molar-refractivity contribution in [3.05, 3.63) is 114 Å². The molecular weight excluding hydrogens is 377 g/mol. The lowest BCUT2D eigenvalue weighted by Crippen LogP contribution is -2.41. The molecule has 0 radical (unpaired) electrons. The Balaban J connectivity index is 0.000000269. The van der Waals surface area contributed by atoms with E-state index in [1.807, 2.05) is 66.7 Å². The number of hydrogen-bond donors (Lipinski definition) is 3. The van der Waals surface area contributed by atoms with Crippen LogP contribution in [0.4, 0.5) is 15.8 Å². The van der Waals surface area contributed by atoms with Gasteiger partial charge in [0.05, 0.1) is 6.61 Å². The Labute approximate surface area is 176 Å². The summed E-state index contributed by atoms with van der Waals surface area (Å²) in [5.74, 6) is -0.251. The molecule has 0 fully saturated rings. The third-order valence-corrected chi connectivity index (χ3v) is 4.65. The van der Waals surface area contributed by atoms with Crippen molar-refractivity contribution in [1.29, 1.82) is 0 Å². The molecule has 0 saturated carbocycles. The number of nitrogens with two attached hydrogens (primary N) is 3. The van der Waals surface area contributed by atoms with Gasteiger partial charge in [0, 0.05) is 17.8 Å². The summed E-state index contributed by atoms with van der Waals surface area (Å²) >= 11 is 0. The fraction of sp³-hybridized carbons (Fsp3) is 0.120. The first-order chi connectivity index (χ1) is 14.4. The van der Waals surface area contributed by atoms with Crippen LogP contribution in [0.15, 0.2) is 97.1 Å². The standard InChI is InChI=1S/C19H20N2O.C6H6FN/c20-18-8-6-16(7-9-18)17-10-12-19(21,13-11-17)22-14-15-4-2-1-3-5-15;7-5-1-3-6(8)4-2-5/h1-12H,13-14,20-21H2;1-4H,8H2. The normalized spacial score (nSPS) is 17.6. The molecule has 0 heterocycles. The summed E-state index contributed by atoms with van der Waals surface area (Å²) < 4.78 is 17.9. The minimum Gasteiger partial charge on any atom is -0.399 e. The zero-order chi connectivity index (χ0) is 21.4. The molecule has 1 aliphatic carbocycles. The molecule has 30 heavy (non-hydrogen) atoms. The Hall–Kier alpha value is -3.41. The molecule has 6 N–H and O–H groups in total. The second-order valence-electron chi connectivity index (χ2n) is 7.10. The lowest BCUT2D eigenvalue weighted by atomic mass is 9.95. The van der Waals surface area contributed by atoms with Gasteiger partial charge in [-0.25, -0.2) is 4.39 Å². The number of ether oxygens (including phenoxy) is 1. The summed E-state index contributed by atoms with van der Waals surface area (Å²) in [5, 5.41) is 0. The third kappa shape index (κ3) is 6.30. The largest absolute Gasteiger partial charge is 0.399 e. The molecule has 154 valence electrons. The van der Waals surface area contributed by atoms with Gasteiger partial charge in [-0.15, -0.1) is 0 Å². The van der Waals surface area contributed by atoms with Crippen molar-refractivity contribution in [2.24, 2.45) is 5.73 Å². The molecule has 4 nitrogen and oxygen atoms in total. The Morgan fingerprint density at radius 2 is 1.43 bits per heavy atom. The Bertz CT molecular complexity index is 978. The van der Waals surface area contributed by atoms with Gasteiger partial charge in [-0.3, -0.25) is 5.73 Å². The summed E-state index contributed by atoms with van der Waals surface area (Å²) in [5.41, 5.74) is 21.3. The molecule has 4 rings (SSSR count). The molecule has 1 unspecified atom stereocenters. The Kier molecular flexibility index (Phi) is 7.01. The van der Waals surface area contributed by atoms with Gasteiger partial charge in [-0.1, -0.05) is 54.6 Å². The van der Waals surface area contributed by atoms with Crippen LogP contribution in [0.3, 0.4) is 0 Å². The van der Waals surface area contributed by atoms with Gasteiger partial charge in [0.1, 0.15) is 11.5 Å². The van der Waals surface area contributed by atoms with Gasteiger partial charge in [-0.2, -0.15) is 0 Å². The van der Waals surface area contributed by atoms with Crippen LogP contribution >= 0.6 is 0 Å². The van der Waals surface area contributed by atoms with Gasteiger partial charge in [-0.05, 0) is 59.2 Å². The summed E-state index contributed by atoms with van der Waals surface area (Å²) in [6, 6.07) is 23.6. The van der Waals surface area contributed by atoms with Gasteiger partial charge in [0.25, 0.3) is 0 Å². The maximum absolute atomic E-state index is 12.0. The summed E-state index contributed by atoms with van der Waals surface area (Å²) in [6.45, 7) is 0.507. The van der Waals surface area contributed by atoms with E-state index < -0.39 is 5.72 Å². The lowest BCUT2D eigenvalue weighted by Gasteiger charge is -2.28. The monoisotopic (exact) mass is 403 g/mol. The Morgan fingerprint density at radius 1 is 0.833 bits per heavy atom. The molecule has 0 aliphatic heterocycles. The van der Waals surface area contributed by atoms with Crippen LogP contribution < -0.4 is 17.2 Å². The number of halogens is 1. The first-order valence-corrected chi connectivity index (χ1v) is 9.67. The quantitative estimate of drug-likeness (QED) is 0.427. The van der Waals surface area contributed by atoms with Crippen LogP contribution in [-0.4, -0.2) is 5.72 Å². The molecule has 0 saturated heterocycles. The molecule has 0 spiro atoms. The molecule has 3 aromatic carbocycles. The van der Waals surface area contributed by atoms with Crippen LogP contribution in [0.2, 0.25) is 0 Å². The van der Waals surface area contributed by atoms with E-state index in [0.717, 1.165) is 22.4 Å². The van der Waals surface area contributed by atoms with E-state index in [1.165, 1.54) is 24.3 Å². The van der Waals surface area contributed by atoms with Crippen LogP contribution in [0.5, 0.6) is 0 Å². The van der Waals surface area contributed by atoms with Crippen molar-refractivity contribution in [1.82, 2.24) is 0 Å². The van der Waals surface area contributed by atoms with E-state index in [4.69, 9.17) is 21.9 Å². The number of hydrogen-bond acceptors (Lipinski definition) is 4. The molecule has 3 aromatic rings. The highest BCUT2D eigenvalue weighted by Gasteiger charge is 2.24. The molecule has 1 aliphatic rings. The first-order valence-electron chi connectivity index (χ1n) is 9.67. The number of rotatable bonds is 4. The summed E-state index contributed by atoms with van der Waals surface area (Å²) in [6.07, 6.45) is 6.70. The second-order valence-corrected chi connectivity index (χ2v) is 7.10. The average molecular weight is 404 g/mol. The molecular formula is C25H26FN3O. The van der Waals surface area contributed by atoms with E-state index in [0.29, 0.717) is 18.7 Å². The van der Waals surface area contributed by atoms with Crippen molar-refractivity contribution >= 4 is 16.9 Å². The topological polar surface area (TPSA) is 87.3 Å². The van der Waals surface area contributed by atoms with Crippen molar-refractivity contribution in [2.75, 3.05) is 11.5 Å². The van der Waals surface area contributed by atoms with Crippen LogP contribution in [0.1, 0.15) is 17.5 Å². The van der Waals surface area contributed by atoms with Crippen molar-refractivity contribution < 1.29 is 9.13 Å². The fourth-order valence-electron chi connectivity index (χ4n) is 2.89. The Morgan fingerprint density at radius 3 is 1.97 bits per heavy atom. The highest BCUT2D eigenvalue weighted by Crippen LogP contribution is 2.27. The summed E-state index contributed by atoms with van der Waals surface area (Å²) in [7, 11) is 0. The van der Waals surface area contributed by atoms with Crippen molar-refractivity contribution in [3.63, 3.8) is 0 Å². The van der Waals surface area contributed by atoms with E-state index in [9.17, 15) is 4.39 Å². The minimum atomic E-state index is -0.743. The molecule has 0 aromatic heterocycles. The SMILES string of the molecule is Nc1ccc(C2=CCC(N)(OCc3ccccc3)C=C2)cc1.Nc1ccc(F)cc1.